The Labute approximate surface area is 117 Å². The maximum absolute atomic E-state index is 11.3. The van der Waals surface area contributed by atoms with Crippen LogP contribution in [0.5, 0.6) is 0 Å². The number of nitrogens with one attached hydrogen (secondary N) is 1. The highest BCUT2D eigenvalue weighted by Gasteiger charge is 2.22. The van der Waals surface area contributed by atoms with E-state index in [4.69, 9.17) is 0 Å². The molecule has 0 aliphatic carbocycles. The van der Waals surface area contributed by atoms with Crippen molar-refractivity contribution in [3.05, 3.63) is 45.6 Å². The highest BCUT2D eigenvalue weighted by Crippen LogP contribution is 2.31. The van der Waals surface area contributed by atoms with E-state index in [2.05, 4.69) is 15.3 Å². The van der Waals surface area contributed by atoms with Gasteiger partial charge >= 0.3 is 5.69 Å². The lowest BCUT2D eigenvalue weighted by atomic mass is 10.1. The molecule has 2 aromatic rings. The van der Waals surface area contributed by atoms with Crippen molar-refractivity contribution in [1.82, 2.24) is 9.97 Å². The van der Waals surface area contributed by atoms with Crippen LogP contribution >= 0.6 is 0 Å². The van der Waals surface area contributed by atoms with Gasteiger partial charge in [0, 0.05) is 12.1 Å². The first-order valence-corrected chi connectivity index (χ1v) is 6.37. The highest BCUT2D eigenvalue weighted by molar-refractivity contribution is 5.72. The molecule has 6 nitrogen and oxygen atoms in total. The van der Waals surface area contributed by atoms with Crippen LogP contribution in [0.2, 0.25) is 0 Å². The van der Waals surface area contributed by atoms with E-state index in [1.54, 1.807) is 6.92 Å². The quantitative estimate of drug-likeness (QED) is 0.683. The molecule has 0 bridgehead atoms. The van der Waals surface area contributed by atoms with Crippen LogP contribution < -0.4 is 5.32 Å². The molecule has 0 fully saturated rings. The number of nitro groups is 1. The van der Waals surface area contributed by atoms with E-state index in [-0.39, 0.29) is 5.69 Å². The molecule has 1 aromatic heterocycles. The number of benzene rings is 1. The average Bonchev–Trinajstić information content (AvgIpc) is 2.38. The Morgan fingerprint density at radius 3 is 2.40 bits per heavy atom. The molecule has 0 saturated heterocycles. The van der Waals surface area contributed by atoms with Crippen LogP contribution in [0.15, 0.2) is 24.3 Å². The van der Waals surface area contributed by atoms with Crippen molar-refractivity contribution in [3.8, 4) is 11.3 Å². The number of aromatic nitrogens is 2. The Kier molecular flexibility index (Phi) is 3.93. The van der Waals surface area contributed by atoms with Gasteiger partial charge < -0.3 is 5.32 Å². The Morgan fingerprint density at radius 2 is 1.85 bits per heavy atom. The molecule has 0 aliphatic heterocycles. The maximum Gasteiger partial charge on any atom is 0.316 e. The van der Waals surface area contributed by atoms with Crippen LogP contribution in [0.4, 0.5) is 11.6 Å². The molecule has 1 aromatic carbocycles. The summed E-state index contributed by atoms with van der Waals surface area (Å²) in [5, 5.41) is 14.2. The second-order valence-corrected chi connectivity index (χ2v) is 4.48. The molecule has 20 heavy (non-hydrogen) atoms. The lowest BCUT2D eigenvalue weighted by Gasteiger charge is -2.08. The van der Waals surface area contributed by atoms with Gasteiger partial charge in [-0.3, -0.25) is 10.1 Å². The van der Waals surface area contributed by atoms with E-state index in [0.29, 0.717) is 29.4 Å². The summed E-state index contributed by atoms with van der Waals surface area (Å²) in [6.07, 6.45) is 0. The molecule has 1 heterocycles. The number of anilines is 1. The predicted molar refractivity (Wildman–Crippen MR) is 77.8 cm³/mol. The largest absolute Gasteiger partial charge is 0.354 e. The van der Waals surface area contributed by atoms with Gasteiger partial charge in [-0.25, -0.2) is 9.97 Å². The molecule has 104 valence electrons. The summed E-state index contributed by atoms with van der Waals surface area (Å²) in [6.45, 7) is 6.17. The molecule has 1 N–H and O–H groups in total. The molecule has 0 radical (unpaired) electrons. The third-order valence-electron chi connectivity index (χ3n) is 2.90. The fourth-order valence-corrected chi connectivity index (χ4v) is 1.94. The Morgan fingerprint density at radius 1 is 1.20 bits per heavy atom. The molecule has 0 aliphatic rings. The van der Waals surface area contributed by atoms with E-state index in [0.717, 1.165) is 5.56 Å². The normalized spacial score (nSPS) is 10.3. The molecule has 0 unspecified atom stereocenters. The van der Waals surface area contributed by atoms with Crippen molar-refractivity contribution < 1.29 is 4.92 Å². The van der Waals surface area contributed by atoms with Crippen LogP contribution in [-0.4, -0.2) is 21.4 Å². The third kappa shape index (κ3) is 2.74. The standard InChI is InChI=1S/C14H16N4O2/c1-4-15-14-16-10(3)13(18(19)20)12(17-14)11-7-5-9(2)6-8-11/h5-8H,4H2,1-3H3,(H,15,16,17). The molecule has 0 spiro atoms. The van der Waals surface area contributed by atoms with E-state index in [1.165, 1.54) is 0 Å². The van der Waals surface area contributed by atoms with E-state index in [9.17, 15) is 10.1 Å². The van der Waals surface area contributed by atoms with Crippen LogP contribution in [-0.2, 0) is 0 Å². The van der Waals surface area contributed by atoms with Gasteiger partial charge in [-0.2, -0.15) is 0 Å². The zero-order valence-electron chi connectivity index (χ0n) is 11.7. The number of nitrogens with zero attached hydrogens (tertiary/aromatic N) is 3. The van der Waals surface area contributed by atoms with Gasteiger partial charge in [0.2, 0.25) is 5.95 Å². The second-order valence-electron chi connectivity index (χ2n) is 4.48. The molecular weight excluding hydrogens is 256 g/mol. The summed E-state index contributed by atoms with van der Waals surface area (Å²) in [7, 11) is 0. The fraction of sp³-hybridized carbons (Fsp3) is 0.286. The minimum absolute atomic E-state index is 0.0458. The smallest absolute Gasteiger partial charge is 0.316 e. The zero-order chi connectivity index (χ0) is 14.7. The molecular formula is C14H16N4O2. The summed E-state index contributed by atoms with van der Waals surface area (Å²) < 4.78 is 0. The highest BCUT2D eigenvalue weighted by atomic mass is 16.6. The summed E-state index contributed by atoms with van der Waals surface area (Å²) >= 11 is 0. The van der Waals surface area contributed by atoms with Gasteiger partial charge in [-0.15, -0.1) is 0 Å². The van der Waals surface area contributed by atoms with E-state index >= 15 is 0 Å². The number of hydrogen-bond donors (Lipinski definition) is 1. The predicted octanol–water partition coefficient (Wildman–Crippen LogP) is 3.10. The molecule has 0 atom stereocenters. The van der Waals surface area contributed by atoms with E-state index in [1.807, 2.05) is 38.1 Å². The first kappa shape index (κ1) is 13.9. The second kappa shape index (κ2) is 5.64. The topological polar surface area (TPSA) is 81.0 Å². The summed E-state index contributed by atoms with van der Waals surface area (Å²) in [6, 6.07) is 7.48. The third-order valence-corrected chi connectivity index (χ3v) is 2.90. The Hall–Kier alpha value is -2.50. The molecule has 6 heteroatoms. The number of aryl methyl sites for hydroxylation is 2. The van der Waals surface area contributed by atoms with Gasteiger partial charge in [0.05, 0.1) is 4.92 Å². The van der Waals surface area contributed by atoms with Crippen molar-refractivity contribution in [2.24, 2.45) is 0 Å². The van der Waals surface area contributed by atoms with Gasteiger partial charge in [0.15, 0.2) is 5.69 Å². The van der Waals surface area contributed by atoms with Crippen LogP contribution in [0.25, 0.3) is 11.3 Å². The fourth-order valence-electron chi connectivity index (χ4n) is 1.94. The van der Waals surface area contributed by atoms with Crippen molar-refractivity contribution >= 4 is 11.6 Å². The summed E-state index contributed by atoms with van der Waals surface area (Å²) in [5.74, 6) is 0.408. The first-order valence-electron chi connectivity index (χ1n) is 6.37. The van der Waals surface area contributed by atoms with Crippen molar-refractivity contribution in [3.63, 3.8) is 0 Å². The molecule has 0 saturated carbocycles. The first-order chi connectivity index (χ1) is 9.52. The van der Waals surface area contributed by atoms with Gasteiger partial charge in [0.25, 0.3) is 0 Å². The van der Waals surface area contributed by atoms with E-state index < -0.39 is 4.92 Å². The Balaban J connectivity index is 2.64. The van der Waals surface area contributed by atoms with Crippen LogP contribution in [0, 0.1) is 24.0 Å². The molecule has 0 amide bonds. The SMILES string of the molecule is CCNc1nc(C)c([N+](=O)[O-])c(-c2ccc(C)cc2)n1. The lowest BCUT2D eigenvalue weighted by molar-refractivity contribution is -0.385. The monoisotopic (exact) mass is 272 g/mol. The van der Waals surface area contributed by atoms with Gasteiger partial charge in [-0.1, -0.05) is 29.8 Å². The Bertz CT molecular complexity index is 638. The minimum Gasteiger partial charge on any atom is -0.354 e. The molecule has 2 rings (SSSR count). The van der Waals surface area contributed by atoms with Crippen LogP contribution in [0.3, 0.4) is 0 Å². The number of rotatable bonds is 4. The number of hydrogen-bond acceptors (Lipinski definition) is 5. The van der Waals surface area contributed by atoms with Crippen LogP contribution in [0.1, 0.15) is 18.2 Å². The van der Waals surface area contributed by atoms with Crippen molar-refractivity contribution in [2.75, 3.05) is 11.9 Å². The summed E-state index contributed by atoms with van der Waals surface area (Å²) in [4.78, 5) is 19.2. The van der Waals surface area contributed by atoms with Crippen molar-refractivity contribution in [2.45, 2.75) is 20.8 Å². The minimum atomic E-state index is -0.430. The summed E-state index contributed by atoms with van der Waals surface area (Å²) in [5.41, 5.74) is 2.46. The lowest BCUT2D eigenvalue weighted by Crippen LogP contribution is -2.07. The zero-order valence-corrected chi connectivity index (χ0v) is 11.7. The van der Waals surface area contributed by atoms with Gasteiger partial charge in [-0.05, 0) is 20.8 Å². The van der Waals surface area contributed by atoms with Gasteiger partial charge in [0.1, 0.15) is 5.69 Å². The van der Waals surface area contributed by atoms with Crippen molar-refractivity contribution in [1.29, 1.82) is 0 Å². The average molecular weight is 272 g/mol. The maximum atomic E-state index is 11.3.